The zero-order chi connectivity index (χ0) is 10.1. The molecule has 0 amide bonds. The molecule has 0 spiro atoms. The molecule has 0 aliphatic rings. The molecule has 1 rings (SSSR count). The molecule has 0 aromatic heterocycles. The molecule has 0 bridgehead atoms. The molecule has 0 nitrogen and oxygen atoms in total. The van der Waals surface area contributed by atoms with E-state index >= 15 is 0 Å². The smallest absolute Gasteiger partial charge is 0.0126 e. The van der Waals surface area contributed by atoms with Crippen LogP contribution < -0.4 is 0 Å². The van der Waals surface area contributed by atoms with E-state index in [2.05, 4.69) is 52.5 Å². The highest BCUT2D eigenvalue weighted by Gasteiger charge is 2.16. The molecule has 1 aromatic carbocycles. The summed E-state index contributed by atoms with van der Waals surface area (Å²) in [6, 6.07) is 6.43. The molecule has 0 saturated heterocycles. The lowest BCUT2D eigenvalue weighted by Gasteiger charge is -2.22. The van der Waals surface area contributed by atoms with Gasteiger partial charge in [-0.15, -0.1) is 0 Å². The predicted octanol–water partition coefficient (Wildman–Crippen LogP) is 3.94. The van der Waals surface area contributed by atoms with Gasteiger partial charge in [0, 0.05) is 0 Å². The fourth-order valence-corrected chi connectivity index (χ4v) is 1.61. The van der Waals surface area contributed by atoms with Crippen LogP contribution in [0.15, 0.2) is 24.8 Å². The highest BCUT2D eigenvalue weighted by atomic mass is 14.2. The van der Waals surface area contributed by atoms with Crippen molar-refractivity contribution in [3.63, 3.8) is 0 Å². The van der Waals surface area contributed by atoms with Gasteiger partial charge in [-0.3, -0.25) is 0 Å². The standard InChI is InChI=1S/C13H18/c1-6-11-10(2)8-7-9-12(11)13(3,4)5/h6-9H,1H2,2-5H3. The Hall–Kier alpha value is -1.04. The van der Waals surface area contributed by atoms with Crippen LogP contribution in [0.1, 0.15) is 37.5 Å². The Morgan fingerprint density at radius 2 is 1.85 bits per heavy atom. The summed E-state index contributed by atoms with van der Waals surface area (Å²) < 4.78 is 0. The first-order chi connectivity index (χ1) is 5.96. The van der Waals surface area contributed by atoms with Gasteiger partial charge in [-0.2, -0.15) is 0 Å². The van der Waals surface area contributed by atoms with Crippen LogP contribution in [0.25, 0.3) is 6.08 Å². The Kier molecular flexibility index (Phi) is 2.60. The third-order valence-corrected chi connectivity index (χ3v) is 2.34. The summed E-state index contributed by atoms with van der Waals surface area (Å²) in [7, 11) is 0. The maximum Gasteiger partial charge on any atom is -0.0126 e. The van der Waals surface area contributed by atoms with Gasteiger partial charge in [0.1, 0.15) is 0 Å². The van der Waals surface area contributed by atoms with E-state index in [1.807, 2.05) is 6.08 Å². The number of benzene rings is 1. The van der Waals surface area contributed by atoms with Crippen molar-refractivity contribution >= 4 is 6.08 Å². The van der Waals surface area contributed by atoms with Crippen molar-refractivity contribution in [2.24, 2.45) is 0 Å². The minimum Gasteiger partial charge on any atom is -0.0984 e. The SMILES string of the molecule is C=Cc1c(C)cccc1C(C)(C)C. The molecule has 0 aliphatic carbocycles. The molecule has 0 heterocycles. The van der Waals surface area contributed by atoms with Gasteiger partial charge in [-0.1, -0.05) is 51.6 Å². The lowest BCUT2D eigenvalue weighted by Crippen LogP contribution is -2.13. The van der Waals surface area contributed by atoms with E-state index in [1.165, 1.54) is 16.7 Å². The Balaban J connectivity index is 3.37. The number of hydrogen-bond donors (Lipinski definition) is 0. The van der Waals surface area contributed by atoms with E-state index in [0.717, 1.165) is 0 Å². The lowest BCUT2D eigenvalue weighted by atomic mass is 9.82. The van der Waals surface area contributed by atoms with Crippen LogP contribution in [-0.4, -0.2) is 0 Å². The van der Waals surface area contributed by atoms with Gasteiger partial charge in [-0.05, 0) is 29.0 Å². The van der Waals surface area contributed by atoms with E-state index < -0.39 is 0 Å². The summed E-state index contributed by atoms with van der Waals surface area (Å²) in [5.41, 5.74) is 4.18. The molecular weight excluding hydrogens is 156 g/mol. The second kappa shape index (κ2) is 3.37. The monoisotopic (exact) mass is 174 g/mol. The zero-order valence-corrected chi connectivity index (χ0v) is 9.02. The van der Waals surface area contributed by atoms with Gasteiger partial charge >= 0.3 is 0 Å². The first-order valence-corrected chi connectivity index (χ1v) is 4.69. The Labute approximate surface area is 81.3 Å². The van der Waals surface area contributed by atoms with E-state index in [9.17, 15) is 0 Å². The van der Waals surface area contributed by atoms with Crippen molar-refractivity contribution in [1.82, 2.24) is 0 Å². The Morgan fingerprint density at radius 3 is 2.23 bits per heavy atom. The van der Waals surface area contributed by atoms with Gasteiger partial charge in [0.15, 0.2) is 0 Å². The Bertz CT molecular complexity index is 313. The summed E-state index contributed by atoms with van der Waals surface area (Å²) >= 11 is 0. The summed E-state index contributed by atoms with van der Waals surface area (Å²) in [5, 5.41) is 0. The topological polar surface area (TPSA) is 0 Å². The van der Waals surface area contributed by atoms with Crippen LogP contribution in [0.3, 0.4) is 0 Å². The van der Waals surface area contributed by atoms with Crippen molar-refractivity contribution in [3.05, 3.63) is 41.5 Å². The maximum atomic E-state index is 3.87. The minimum absolute atomic E-state index is 0.204. The summed E-state index contributed by atoms with van der Waals surface area (Å²) in [4.78, 5) is 0. The molecule has 0 heteroatoms. The first kappa shape index (κ1) is 10.0. The van der Waals surface area contributed by atoms with E-state index in [-0.39, 0.29) is 5.41 Å². The van der Waals surface area contributed by atoms with Crippen LogP contribution in [0.5, 0.6) is 0 Å². The number of hydrogen-bond acceptors (Lipinski definition) is 0. The van der Waals surface area contributed by atoms with E-state index in [1.54, 1.807) is 0 Å². The van der Waals surface area contributed by atoms with Crippen LogP contribution in [0.2, 0.25) is 0 Å². The lowest BCUT2D eigenvalue weighted by molar-refractivity contribution is 0.588. The summed E-state index contributed by atoms with van der Waals surface area (Å²) in [6.07, 6.45) is 1.95. The molecule has 0 radical (unpaired) electrons. The second-order valence-corrected chi connectivity index (χ2v) is 4.49. The molecule has 70 valence electrons. The molecule has 0 saturated carbocycles. The maximum absolute atomic E-state index is 3.87. The minimum atomic E-state index is 0.204. The predicted molar refractivity (Wildman–Crippen MR) is 60.0 cm³/mol. The molecule has 1 aromatic rings. The molecule has 0 aliphatic heterocycles. The molecule has 13 heavy (non-hydrogen) atoms. The normalized spacial score (nSPS) is 11.4. The van der Waals surface area contributed by atoms with Crippen molar-refractivity contribution in [3.8, 4) is 0 Å². The second-order valence-electron chi connectivity index (χ2n) is 4.49. The molecular formula is C13H18. The van der Waals surface area contributed by atoms with Gasteiger partial charge in [0.25, 0.3) is 0 Å². The van der Waals surface area contributed by atoms with E-state index in [0.29, 0.717) is 0 Å². The van der Waals surface area contributed by atoms with Crippen LogP contribution in [-0.2, 0) is 5.41 Å². The molecule has 0 fully saturated rings. The highest BCUT2D eigenvalue weighted by molar-refractivity contribution is 5.57. The first-order valence-electron chi connectivity index (χ1n) is 4.69. The van der Waals surface area contributed by atoms with Gasteiger partial charge < -0.3 is 0 Å². The quantitative estimate of drug-likeness (QED) is 0.605. The van der Waals surface area contributed by atoms with Crippen LogP contribution in [0.4, 0.5) is 0 Å². The third kappa shape index (κ3) is 2.00. The highest BCUT2D eigenvalue weighted by Crippen LogP contribution is 2.28. The average Bonchev–Trinajstić information content (AvgIpc) is 2.02. The van der Waals surface area contributed by atoms with Crippen LogP contribution >= 0.6 is 0 Å². The van der Waals surface area contributed by atoms with Crippen molar-refractivity contribution < 1.29 is 0 Å². The van der Waals surface area contributed by atoms with Crippen molar-refractivity contribution in [1.29, 1.82) is 0 Å². The van der Waals surface area contributed by atoms with Gasteiger partial charge in [0.2, 0.25) is 0 Å². The van der Waals surface area contributed by atoms with Gasteiger partial charge in [-0.25, -0.2) is 0 Å². The van der Waals surface area contributed by atoms with Crippen molar-refractivity contribution in [2.45, 2.75) is 33.1 Å². The van der Waals surface area contributed by atoms with Gasteiger partial charge in [0.05, 0.1) is 0 Å². The average molecular weight is 174 g/mol. The zero-order valence-electron chi connectivity index (χ0n) is 9.02. The number of aryl methyl sites for hydroxylation is 1. The Morgan fingerprint density at radius 1 is 1.23 bits per heavy atom. The largest absolute Gasteiger partial charge is 0.0984 e. The summed E-state index contributed by atoms with van der Waals surface area (Å²) in [6.45, 7) is 12.7. The molecule has 0 unspecified atom stereocenters. The number of rotatable bonds is 1. The van der Waals surface area contributed by atoms with Crippen molar-refractivity contribution in [2.75, 3.05) is 0 Å². The van der Waals surface area contributed by atoms with Crippen LogP contribution in [0, 0.1) is 6.92 Å². The fraction of sp³-hybridized carbons (Fsp3) is 0.385. The fourth-order valence-electron chi connectivity index (χ4n) is 1.61. The van der Waals surface area contributed by atoms with E-state index in [4.69, 9.17) is 0 Å². The molecule has 0 atom stereocenters. The molecule has 0 N–H and O–H groups in total. The summed E-state index contributed by atoms with van der Waals surface area (Å²) in [5.74, 6) is 0. The third-order valence-electron chi connectivity index (χ3n) is 2.34.